The second-order valence-electron chi connectivity index (χ2n) is 4.50. The number of anilines is 1. The van der Waals surface area contributed by atoms with Gasteiger partial charge in [-0.15, -0.1) is 0 Å². The number of benzene rings is 2. The highest BCUT2D eigenvalue weighted by molar-refractivity contribution is 7.90. The van der Waals surface area contributed by atoms with Crippen molar-refractivity contribution in [3.05, 3.63) is 59.2 Å². The normalized spacial score (nSPS) is 11.6. The van der Waals surface area contributed by atoms with E-state index < -0.39 is 32.1 Å². The fraction of sp³-hybridized carbons (Fsp3) is 0.143. The Kier molecular flexibility index (Phi) is 3.76. The van der Waals surface area contributed by atoms with Gasteiger partial charge in [0.1, 0.15) is 16.5 Å². The molecule has 0 aliphatic heterocycles. The zero-order valence-electron chi connectivity index (χ0n) is 10.7. The van der Waals surface area contributed by atoms with Gasteiger partial charge in [0, 0.05) is 5.69 Å². The molecule has 0 heterocycles. The summed E-state index contributed by atoms with van der Waals surface area (Å²) >= 11 is 0. The largest absolute Gasteiger partial charge is 0.399 e. The third-order valence-corrected chi connectivity index (χ3v) is 4.64. The Morgan fingerprint density at radius 3 is 2.20 bits per heavy atom. The Morgan fingerprint density at radius 1 is 1.10 bits per heavy atom. The van der Waals surface area contributed by atoms with Gasteiger partial charge >= 0.3 is 0 Å². The van der Waals surface area contributed by atoms with Crippen molar-refractivity contribution in [2.24, 2.45) is 0 Å². The highest BCUT2D eigenvalue weighted by Crippen LogP contribution is 2.25. The van der Waals surface area contributed by atoms with Crippen LogP contribution in [0.1, 0.15) is 11.1 Å². The number of nitrogen functional groups attached to an aromatic ring is 1. The van der Waals surface area contributed by atoms with Crippen molar-refractivity contribution in [1.82, 2.24) is 0 Å². The van der Waals surface area contributed by atoms with E-state index in [9.17, 15) is 17.2 Å². The fourth-order valence-electron chi connectivity index (χ4n) is 1.93. The molecule has 106 valence electrons. The van der Waals surface area contributed by atoms with E-state index in [1.165, 1.54) is 0 Å². The van der Waals surface area contributed by atoms with Gasteiger partial charge in [-0.3, -0.25) is 0 Å². The van der Waals surface area contributed by atoms with Crippen molar-refractivity contribution in [2.75, 3.05) is 5.73 Å². The highest BCUT2D eigenvalue weighted by atomic mass is 32.2. The van der Waals surface area contributed by atoms with E-state index in [-0.39, 0.29) is 5.69 Å². The number of halogens is 2. The molecule has 2 aromatic rings. The summed E-state index contributed by atoms with van der Waals surface area (Å²) in [5.41, 5.74) is 6.36. The number of hydrogen-bond acceptors (Lipinski definition) is 3. The molecule has 0 saturated heterocycles. The first-order valence-electron chi connectivity index (χ1n) is 5.83. The van der Waals surface area contributed by atoms with E-state index in [0.717, 1.165) is 17.7 Å². The van der Waals surface area contributed by atoms with E-state index in [2.05, 4.69) is 0 Å². The first kappa shape index (κ1) is 14.5. The zero-order chi connectivity index (χ0) is 14.9. The summed E-state index contributed by atoms with van der Waals surface area (Å²) in [6.45, 7) is 1.74. The molecule has 6 heteroatoms. The van der Waals surface area contributed by atoms with Crippen LogP contribution in [-0.4, -0.2) is 8.42 Å². The van der Waals surface area contributed by atoms with E-state index in [1.807, 2.05) is 0 Å². The molecule has 2 aromatic carbocycles. The highest BCUT2D eigenvalue weighted by Gasteiger charge is 2.25. The van der Waals surface area contributed by atoms with E-state index in [0.29, 0.717) is 5.56 Å². The number of nitrogens with two attached hydrogens (primary N) is 1. The molecule has 0 radical (unpaired) electrons. The molecule has 0 unspecified atom stereocenters. The van der Waals surface area contributed by atoms with Crippen LogP contribution in [0.15, 0.2) is 41.3 Å². The summed E-state index contributed by atoms with van der Waals surface area (Å²) in [4.78, 5) is -0.935. The number of hydrogen-bond donors (Lipinski definition) is 1. The molecular weight excluding hydrogens is 284 g/mol. The molecule has 0 saturated carbocycles. The molecule has 0 spiro atoms. The quantitative estimate of drug-likeness (QED) is 0.886. The second-order valence-corrected chi connectivity index (χ2v) is 6.43. The summed E-state index contributed by atoms with van der Waals surface area (Å²) in [5, 5.41) is 0. The average molecular weight is 297 g/mol. The van der Waals surface area contributed by atoms with Gasteiger partial charge in [-0.1, -0.05) is 24.3 Å². The maximum absolute atomic E-state index is 13.7. The molecule has 0 aliphatic carbocycles. The van der Waals surface area contributed by atoms with E-state index in [1.54, 1.807) is 31.2 Å². The molecular formula is C14H13F2NO2S. The molecule has 20 heavy (non-hydrogen) atoms. The Labute approximate surface area is 116 Å². The van der Waals surface area contributed by atoms with Gasteiger partial charge in [-0.25, -0.2) is 17.2 Å². The summed E-state index contributed by atoms with van der Waals surface area (Å²) in [6.07, 6.45) is 0. The monoisotopic (exact) mass is 297 g/mol. The van der Waals surface area contributed by atoms with Crippen LogP contribution in [-0.2, 0) is 15.6 Å². The molecule has 2 rings (SSSR count). The van der Waals surface area contributed by atoms with Crippen LogP contribution < -0.4 is 5.73 Å². The van der Waals surface area contributed by atoms with Crippen molar-refractivity contribution in [2.45, 2.75) is 17.6 Å². The number of rotatable bonds is 3. The molecule has 0 bridgehead atoms. The molecule has 0 atom stereocenters. The van der Waals surface area contributed by atoms with Crippen LogP contribution in [0.5, 0.6) is 0 Å². The van der Waals surface area contributed by atoms with Crippen molar-refractivity contribution >= 4 is 15.5 Å². The lowest BCUT2D eigenvalue weighted by Gasteiger charge is -2.09. The van der Waals surface area contributed by atoms with Crippen LogP contribution in [0.4, 0.5) is 14.5 Å². The Hall–Kier alpha value is -1.95. The minimum absolute atomic E-state index is 0.158. The lowest BCUT2D eigenvalue weighted by Crippen LogP contribution is -2.11. The molecule has 0 aliphatic rings. The average Bonchev–Trinajstić information content (AvgIpc) is 2.30. The van der Waals surface area contributed by atoms with Crippen LogP contribution in [0, 0.1) is 18.6 Å². The van der Waals surface area contributed by atoms with E-state index >= 15 is 0 Å². The molecule has 0 fully saturated rings. The van der Waals surface area contributed by atoms with Crippen molar-refractivity contribution in [3.8, 4) is 0 Å². The van der Waals surface area contributed by atoms with Crippen LogP contribution in [0.25, 0.3) is 0 Å². The van der Waals surface area contributed by atoms with Crippen molar-refractivity contribution < 1.29 is 17.2 Å². The van der Waals surface area contributed by atoms with Gasteiger partial charge in [0.05, 0.1) is 5.75 Å². The predicted octanol–water partition coefficient (Wildman–Crippen LogP) is 2.83. The van der Waals surface area contributed by atoms with Gasteiger partial charge in [0.2, 0.25) is 0 Å². The third-order valence-electron chi connectivity index (χ3n) is 2.94. The minimum atomic E-state index is -4.12. The van der Waals surface area contributed by atoms with Crippen LogP contribution in [0.3, 0.4) is 0 Å². The molecule has 0 aromatic heterocycles. The summed E-state index contributed by atoms with van der Waals surface area (Å²) in [5.74, 6) is -2.80. The lowest BCUT2D eigenvalue weighted by atomic mass is 10.1. The van der Waals surface area contributed by atoms with E-state index in [4.69, 9.17) is 5.73 Å². The SMILES string of the molecule is Cc1ccccc1CS(=O)(=O)c1c(F)cc(N)cc1F. The third kappa shape index (κ3) is 2.80. The molecule has 2 N–H and O–H groups in total. The summed E-state index contributed by atoms with van der Waals surface area (Å²) in [7, 11) is -4.12. The second kappa shape index (κ2) is 5.20. The molecule has 3 nitrogen and oxygen atoms in total. The van der Waals surface area contributed by atoms with Gasteiger partial charge in [-0.2, -0.15) is 0 Å². The first-order valence-corrected chi connectivity index (χ1v) is 7.48. The number of sulfone groups is 1. The van der Waals surface area contributed by atoms with Gasteiger partial charge in [-0.05, 0) is 30.2 Å². The lowest BCUT2D eigenvalue weighted by molar-refractivity contribution is 0.520. The predicted molar refractivity (Wildman–Crippen MR) is 72.8 cm³/mol. The van der Waals surface area contributed by atoms with Crippen molar-refractivity contribution in [3.63, 3.8) is 0 Å². The van der Waals surface area contributed by atoms with Crippen LogP contribution >= 0.6 is 0 Å². The Morgan fingerprint density at radius 2 is 1.65 bits per heavy atom. The maximum Gasteiger partial charge on any atom is 0.188 e. The minimum Gasteiger partial charge on any atom is -0.399 e. The fourth-order valence-corrected chi connectivity index (χ4v) is 3.52. The Bertz CT molecular complexity index is 735. The topological polar surface area (TPSA) is 60.2 Å². The number of aryl methyl sites for hydroxylation is 1. The molecule has 0 amide bonds. The summed E-state index contributed by atoms with van der Waals surface area (Å²) < 4.78 is 51.8. The summed E-state index contributed by atoms with van der Waals surface area (Å²) in [6, 6.07) is 8.38. The van der Waals surface area contributed by atoms with Gasteiger partial charge in [0.25, 0.3) is 0 Å². The maximum atomic E-state index is 13.7. The zero-order valence-corrected chi connectivity index (χ0v) is 11.5. The smallest absolute Gasteiger partial charge is 0.188 e. The van der Waals surface area contributed by atoms with Crippen molar-refractivity contribution in [1.29, 1.82) is 0 Å². The van der Waals surface area contributed by atoms with Gasteiger partial charge in [0.15, 0.2) is 9.84 Å². The van der Waals surface area contributed by atoms with Crippen LogP contribution in [0.2, 0.25) is 0 Å². The standard InChI is InChI=1S/C14H13F2NO2S/c1-9-4-2-3-5-10(9)8-20(18,19)14-12(15)6-11(17)7-13(14)16/h2-7H,8,17H2,1H3. The first-order chi connectivity index (χ1) is 9.31. The Balaban J connectivity index is 2.50. The van der Waals surface area contributed by atoms with Gasteiger partial charge < -0.3 is 5.73 Å².